The van der Waals surface area contributed by atoms with Gasteiger partial charge in [-0.25, -0.2) is 9.18 Å². The maximum absolute atomic E-state index is 13.7. The Morgan fingerprint density at radius 3 is 2.45 bits per heavy atom. The van der Waals surface area contributed by atoms with E-state index in [-0.39, 0.29) is 10.1 Å². The second-order valence-corrected chi connectivity index (χ2v) is 4.73. The number of anilines is 1. The number of hydrogen-bond acceptors (Lipinski definition) is 3. The van der Waals surface area contributed by atoms with Gasteiger partial charge in [0.05, 0.1) is 11.1 Å². The number of alkyl halides is 3. The molecule has 1 aromatic heterocycles. The van der Waals surface area contributed by atoms with Gasteiger partial charge in [0.25, 0.3) is 0 Å². The van der Waals surface area contributed by atoms with Crippen LogP contribution < -0.4 is 5.32 Å². The van der Waals surface area contributed by atoms with E-state index in [2.05, 4.69) is 0 Å². The van der Waals surface area contributed by atoms with Gasteiger partial charge in [-0.1, -0.05) is 6.07 Å². The summed E-state index contributed by atoms with van der Waals surface area (Å²) in [6.45, 7) is 0. The van der Waals surface area contributed by atoms with E-state index in [4.69, 9.17) is 5.11 Å². The number of carbonyl (C=O) groups is 2. The minimum atomic E-state index is -5.20. The summed E-state index contributed by atoms with van der Waals surface area (Å²) >= 11 is 0.577. The predicted octanol–water partition coefficient (Wildman–Crippen LogP) is 3.24. The molecule has 4 nitrogen and oxygen atoms in total. The summed E-state index contributed by atoms with van der Waals surface area (Å²) in [7, 11) is 0. The van der Waals surface area contributed by atoms with Crippen LogP contribution in [0.25, 0.3) is 10.1 Å². The molecule has 0 atom stereocenters. The molecule has 0 unspecified atom stereocenters. The maximum atomic E-state index is 13.7. The Bertz CT molecular complexity index is 707. The second-order valence-electron chi connectivity index (χ2n) is 3.68. The molecule has 0 radical (unpaired) electrons. The summed E-state index contributed by atoms with van der Waals surface area (Å²) in [4.78, 5) is 21.3. The monoisotopic (exact) mass is 307 g/mol. The number of nitrogens with one attached hydrogen (secondary N) is 1. The lowest BCUT2D eigenvalue weighted by Gasteiger charge is -2.08. The zero-order chi connectivity index (χ0) is 15.1. The zero-order valence-electron chi connectivity index (χ0n) is 9.42. The van der Waals surface area contributed by atoms with Gasteiger partial charge >= 0.3 is 18.1 Å². The van der Waals surface area contributed by atoms with Crippen molar-refractivity contribution >= 4 is 39.0 Å². The van der Waals surface area contributed by atoms with Crippen molar-refractivity contribution in [1.29, 1.82) is 0 Å². The molecule has 9 heteroatoms. The molecule has 0 saturated carbocycles. The van der Waals surface area contributed by atoms with Crippen LogP contribution in [0.2, 0.25) is 0 Å². The lowest BCUT2D eigenvalue weighted by molar-refractivity contribution is -0.167. The average Bonchev–Trinajstić information content (AvgIpc) is 2.68. The Morgan fingerprint density at radius 1 is 1.25 bits per heavy atom. The number of fused-ring (bicyclic) bond motifs is 1. The number of aromatic carboxylic acids is 1. The number of rotatable bonds is 2. The first-order chi connectivity index (χ1) is 9.21. The Morgan fingerprint density at radius 2 is 1.90 bits per heavy atom. The molecule has 0 aliphatic rings. The second kappa shape index (κ2) is 4.75. The van der Waals surface area contributed by atoms with Gasteiger partial charge < -0.3 is 10.4 Å². The number of carbonyl (C=O) groups excluding carboxylic acids is 1. The number of halogens is 4. The van der Waals surface area contributed by atoms with Crippen LogP contribution in [0, 0.1) is 5.82 Å². The fourth-order valence-corrected chi connectivity index (χ4v) is 2.57. The van der Waals surface area contributed by atoms with E-state index in [1.807, 2.05) is 0 Å². The largest absolute Gasteiger partial charge is 0.477 e. The van der Waals surface area contributed by atoms with Gasteiger partial charge in [0, 0.05) is 4.70 Å². The third kappa shape index (κ3) is 2.44. The van der Waals surface area contributed by atoms with Crippen molar-refractivity contribution in [2.45, 2.75) is 6.18 Å². The van der Waals surface area contributed by atoms with Crippen LogP contribution in [-0.2, 0) is 4.79 Å². The standard InChI is InChI=1S/C11H5F4NO3S/c12-4-2-1-3-5-6(4)7(8(20-5)9(17)18)16-10(19)11(13,14)15/h1-3H,(H,16,19)(H,17,18). The summed E-state index contributed by atoms with van der Waals surface area (Å²) in [6, 6.07) is 3.60. The molecule has 1 heterocycles. The van der Waals surface area contributed by atoms with E-state index >= 15 is 0 Å². The van der Waals surface area contributed by atoms with Crippen molar-refractivity contribution in [3.05, 3.63) is 28.9 Å². The Hall–Kier alpha value is -2.16. The van der Waals surface area contributed by atoms with Gasteiger partial charge in [-0.3, -0.25) is 4.79 Å². The fraction of sp³-hybridized carbons (Fsp3) is 0.0909. The number of carboxylic acids is 1. The number of hydrogen-bond donors (Lipinski definition) is 2. The van der Waals surface area contributed by atoms with Crippen LogP contribution in [0.1, 0.15) is 9.67 Å². The molecular formula is C11H5F4NO3S. The third-order valence-corrected chi connectivity index (χ3v) is 3.50. The normalized spacial score (nSPS) is 11.6. The van der Waals surface area contributed by atoms with Crippen LogP contribution in [-0.4, -0.2) is 23.2 Å². The minimum absolute atomic E-state index is 0.125. The third-order valence-electron chi connectivity index (χ3n) is 2.35. The van der Waals surface area contributed by atoms with Crippen LogP contribution in [0.3, 0.4) is 0 Å². The van der Waals surface area contributed by atoms with E-state index in [9.17, 15) is 27.2 Å². The molecule has 0 aliphatic carbocycles. The highest BCUT2D eigenvalue weighted by Gasteiger charge is 2.40. The van der Waals surface area contributed by atoms with Crippen molar-refractivity contribution in [2.75, 3.05) is 5.32 Å². The molecule has 0 saturated heterocycles. The first kappa shape index (κ1) is 14.3. The summed E-state index contributed by atoms with van der Waals surface area (Å²) in [5.41, 5.74) is -0.682. The fourth-order valence-electron chi connectivity index (χ4n) is 1.56. The average molecular weight is 307 g/mol. The maximum Gasteiger partial charge on any atom is 0.471 e. The minimum Gasteiger partial charge on any atom is -0.477 e. The smallest absolute Gasteiger partial charge is 0.471 e. The van der Waals surface area contributed by atoms with E-state index < -0.39 is 34.4 Å². The van der Waals surface area contributed by atoms with Crippen LogP contribution in [0.4, 0.5) is 23.2 Å². The molecule has 0 spiro atoms. The molecule has 1 amide bonds. The van der Waals surface area contributed by atoms with Crippen molar-refractivity contribution in [2.24, 2.45) is 0 Å². The van der Waals surface area contributed by atoms with Crippen LogP contribution >= 0.6 is 11.3 Å². The predicted molar refractivity (Wildman–Crippen MR) is 63.4 cm³/mol. The molecule has 2 N–H and O–H groups in total. The first-order valence-electron chi connectivity index (χ1n) is 5.04. The highest BCUT2D eigenvalue weighted by Crippen LogP contribution is 2.38. The molecule has 0 aliphatic heterocycles. The lowest BCUT2D eigenvalue weighted by Crippen LogP contribution is -2.30. The molecule has 106 valence electrons. The van der Waals surface area contributed by atoms with Crippen molar-refractivity contribution in [3.63, 3.8) is 0 Å². The van der Waals surface area contributed by atoms with Gasteiger partial charge in [0.2, 0.25) is 0 Å². The molecular weight excluding hydrogens is 302 g/mol. The van der Waals surface area contributed by atoms with Crippen molar-refractivity contribution in [1.82, 2.24) is 0 Å². The van der Waals surface area contributed by atoms with E-state index in [0.717, 1.165) is 6.07 Å². The molecule has 1 aromatic carbocycles. The van der Waals surface area contributed by atoms with E-state index in [1.54, 1.807) is 0 Å². The van der Waals surface area contributed by atoms with Crippen molar-refractivity contribution in [3.8, 4) is 0 Å². The van der Waals surface area contributed by atoms with Gasteiger partial charge in [0.1, 0.15) is 10.7 Å². The van der Waals surface area contributed by atoms with Gasteiger partial charge in [-0.15, -0.1) is 11.3 Å². The van der Waals surface area contributed by atoms with Crippen LogP contribution in [0.5, 0.6) is 0 Å². The quantitative estimate of drug-likeness (QED) is 0.837. The summed E-state index contributed by atoms with van der Waals surface area (Å²) < 4.78 is 50.5. The van der Waals surface area contributed by atoms with E-state index in [1.165, 1.54) is 17.4 Å². The summed E-state index contributed by atoms with van der Waals surface area (Å²) in [5, 5.41) is 10.00. The molecule has 0 bridgehead atoms. The first-order valence-corrected chi connectivity index (χ1v) is 5.86. The summed E-state index contributed by atoms with van der Waals surface area (Å²) in [6.07, 6.45) is -5.20. The molecule has 2 aromatic rings. The topological polar surface area (TPSA) is 66.4 Å². The number of benzene rings is 1. The Balaban J connectivity index is 2.63. The van der Waals surface area contributed by atoms with Gasteiger partial charge in [-0.2, -0.15) is 13.2 Å². The van der Waals surface area contributed by atoms with Crippen molar-refractivity contribution < 1.29 is 32.3 Å². The number of amides is 1. The molecule has 0 fully saturated rings. The Labute approximate surface area is 112 Å². The molecule has 20 heavy (non-hydrogen) atoms. The summed E-state index contributed by atoms with van der Waals surface area (Å²) in [5.74, 6) is -4.82. The number of carboxylic acid groups (broad SMARTS) is 1. The zero-order valence-corrected chi connectivity index (χ0v) is 10.2. The van der Waals surface area contributed by atoms with Gasteiger partial charge in [-0.05, 0) is 12.1 Å². The number of thiophene rings is 1. The lowest BCUT2D eigenvalue weighted by atomic mass is 10.2. The molecule has 2 rings (SSSR count). The van der Waals surface area contributed by atoms with Gasteiger partial charge in [0.15, 0.2) is 0 Å². The van der Waals surface area contributed by atoms with E-state index in [0.29, 0.717) is 11.3 Å². The highest BCUT2D eigenvalue weighted by atomic mass is 32.1. The van der Waals surface area contributed by atoms with Crippen LogP contribution in [0.15, 0.2) is 18.2 Å². The highest BCUT2D eigenvalue weighted by molar-refractivity contribution is 7.21. The Kier molecular flexibility index (Phi) is 3.38. The SMILES string of the molecule is O=C(O)c1sc2cccc(F)c2c1NC(=O)C(F)(F)F.